The molecule has 0 amide bonds. The highest BCUT2D eigenvalue weighted by molar-refractivity contribution is 6.30. The summed E-state index contributed by atoms with van der Waals surface area (Å²) in [5, 5.41) is 9.10. The molecule has 6 nitrogen and oxygen atoms in total. The van der Waals surface area contributed by atoms with Gasteiger partial charge in [0.2, 0.25) is 5.95 Å². The molecule has 2 N–H and O–H groups in total. The molecular weight excluding hydrogens is 470 g/mol. The number of anilines is 2. The highest BCUT2D eigenvalue weighted by atomic mass is 35.5. The van der Waals surface area contributed by atoms with Gasteiger partial charge in [-0.25, -0.2) is 4.98 Å². The van der Waals surface area contributed by atoms with E-state index >= 15 is 0 Å². The highest BCUT2D eigenvalue weighted by Crippen LogP contribution is 2.27. The second-order valence-electron chi connectivity index (χ2n) is 9.56. The van der Waals surface area contributed by atoms with E-state index in [2.05, 4.69) is 28.8 Å². The lowest BCUT2D eigenvalue weighted by atomic mass is 9.91. The zero-order valence-corrected chi connectivity index (χ0v) is 21.5. The molecule has 3 aromatic carbocycles. The van der Waals surface area contributed by atoms with Crippen molar-refractivity contribution in [2.45, 2.75) is 44.3 Å². The first-order chi connectivity index (χ1) is 17.5. The summed E-state index contributed by atoms with van der Waals surface area (Å²) in [4.78, 5) is 11.6. The Bertz CT molecular complexity index is 1300. The third-order valence-electron chi connectivity index (χ3n) is 6.61. The summed E-state index contributed by atoms with van der Waals surface area (Å²) >= 11 is 5.97. The summed E-state index contributed by atoms with van der Waals surface area (Å²) in [5.74, 6) is 3.27. The van der Waals surface area contributed by atoms with E-state index in [9.17, 15) is 0 Å². The van der Waals surface area contributed by atoms with Crippen LogP contribution < -0.4 is 20.3 Å². The maximum Gasteiger partial charge on any atom is 0.225 e. The summed E-state index contributed by atoms with van der Waals surface area (Å²) in [6, 6.07) is 24.7. The van der Waals surface area contributed by atoms with E-state index in [0.29, 0.717) is 23.1 Å². The lowest BCUT2D eigenvalue weighted by Gasteiger charge is -2.30. The van der Waals surface area contributed by atoms with Crippen molar-refractivity contribution >= 4 is 34.3 Å². The van der Waals surface area contributed by atoms with Gasteiger partial charge in [-0.3, -0.25) is 0 Å². The molecule has 0 bridgehead atoms. The van der Waals surface area contributed by atoms with Crippen LogP contribution in [0.5, 0.6) is 11.5 Å². The Morgan fingerprint density at radius 1 is 0.861 bits per heavy atom. The molecule has 1 aromatic heterocycles. The largest absolute Gasteiger partial charge is 0.457 e. The maximum atomic E-state index is 5.98. The van der Waals surface area contributed by atoms with Gasteiger partial charge in [0.1, 0.15) is 17.3 Å². The quantitative estimate of drug-likeness (QED) is 0.281. The molecule has 0 aliphatic heterocycles. The van der Waals surface area contributed by atoms with Crippen LogP contribution in [0.25, 0.3) is 10.9 Å². The SMILES string of the molecule is CN(C)c1nc(NC2CCC(NCc3cccc(Oc4ccc(Cl)cc4)c3)CC2)nc2ccccc12. The molecule has 0 radical (unpaired) electrons. The van der Waals surface area contributed by atoms with E-state index in [4.69, 9.17) is 26.3 Å². The van der Waals surface area contributed by atoms with Crippen LogP contribution in [0.1, 0.15) is 31.2 Å². The molecule has 1 aliphatic carbocycles. The van der Waals surface area contributed by atoms with E-state index in [1.165, 1.54) is 5.56 Å². The van der Waals surface area contributed by atoms with Crippen LogP contribution in [-0.2, 0) is 6.54 Å². The molecule has 1 aliphatic rings. The minimum absolute atomic E-state index is 0.385. The first kappa shape index (κ1) is 24.3. The van der Waals surface area contributed by atoms with Gasteiger partial charge in [-0.05, 0) is 79.8 Å². The first-order valence-corrected chi connectivity index (χ1v) is 12.9. The predicted octanol–water partition coefficient (Wildman–Crippen LogP) is 6.65. The third kappa shape index (κ3) is 6.07. The first-order valence-electron chi connectivity index (χ1n) is 12.5. The Balaban J connectivity index is 1.13. The van der Waals surface area contributed by atoms with E-state index in [1.807, 2.05) is 73.6 Å². The van der Waals surface area contributed by atoms with Crippen LogP contribution >= 0.6 is 11.6 Å². The van der Waals surface area contributed by atoms with Gasteiger partial charge in [0.25, 0.3) is 0 Å². The van der Waals surface area contributed by atoms with E-state index in [1.54, 1.807) is 0 Å². The summed E-state index contributed by atoms with van der Waals surface area (Å²) in [6.07, 6.45) is 4.41. The van der Waals surface area contributed by atoms with Crippen molar-refractivity contribution in [2.24, 2.45) is 0 Å². The van der Waals surface area contributed by atoms with E-state index in [0.717, 1.165) is 60.4 Å². The second kappa shape index (κ2) is 11.1. The Labute approximate surface area is 217 Å². The van der Waals surface area contributed by atoms with Gasteiger partial charge in [0.05, 0.1) is 5.52 Å². The molecule has 186 valence electrons. The minimum atomic E-state index is 0.385. The molecule has 1 fully saturated rings. The zero-order valence-electron chi connectivity index (χ0n) is 20.7. The lowest BCUT2D eigenvalue weighted by Crippen LogP contribution is -2.37. The molecule has 1 saturated carbocycles. The van der Waals surface area contributed by atoms with Gasteiger partial charge in [-0.1, -0.05) is 35.9 Å². The van der Waals surface area contributed by atoms with Crippen molar-refractivity contribution < 1.29 is 4.74 Å². The number of benzene rings is 3. The van der Waals surface area contributed by atoms with E-state index in [-0.39, 0.29) is 0 Å². The number of nitrogens with one attached hydrogen (secondary N) is 2. The molecule has 0 atom stereocenters. The average molecular weight is 502 g/mol. The third-order valence-corrected chi connectivity index (χ3v) is 6.86. The number of aromatic nitrogens is 2. The topological polar surface area (TPSA) is 62.3 Å². The molecule has 36 heavy (non-hydrogen) atoms. The molecule has 4 aromatic rings. The van der Waals surface area contributed by atoms with Crippen LogP contribution in [0.15, 0.2) is 72.8 Å². The normalized spacial score (nSPS) is 17.6. The van der Waals surface area contributed by atoms with Gasteiger partial charge in [0, 0.05) is 43.1 Å². The molecule has 0 spiro atoms. The lowest BCUT2D eigenvalue weighted by molar-refractivity contribution is 0.352. The number of hydrogen-bond donors (Lipinski definition) is 2. The van der Waals surface area contributed by atoms with Crippen LogP contribution in [-0.4, -0.2) is 36.1 Å². The predicted molar refractivity (Wildman–Crippen MR) is 148 cm³/mol. The second-order valence-corrected chi connectivity index (χ2v) is 10.00. The van der Waals surface area contributed by atoms with Gasteiger partial charge >= 0.3 is 0 Å². The summed E-state index contributed by atoms with van der Waals surface area (Å²) in [7, 11) is 4.05. The van der Waals surface area contributed by atoms with Gasteiger partial charge in [-0.2, -0.15) is 4.98 Å². The molecule has 7 heteroatoms. The summed E-state index contributed by atoms with van der Waals surface area (Å²) < 4.78 is 5.98. The average Bonchev–Trinajstić information content (AvgIpc) is 2.89. The monoisotopic (exact) mass is 501 g/mol. The maximum absolute atomic E-state index is 5.98. The molecule has 5 rings (SSSR count). The van der Waals surface area contributed by atoms with Crippen molar-refractivity contribution in [2.75, 3.05) is 24.3 Å². The molecule has 0 saturated heterocycles. The van der Waals surface area contributed by atoms with Gasteiger partial charge in [0.15, 0.2) is 0 Å². The Morgan fingerprint density at radius 3 is 2.39 bits per heavy atom. The Hall–Kier alpha value is -3.35. The fourth-order valence-electron chi connectivity index (χ4n) is 4.71. The van der Waals surface area contributed by atoms with Crippen molar-refractivity contribution in [3.05, 3.63) is 83.4 Å². The van der Waals surface area contributed by atoms with Crippen LogP contribution in [0, 0.1) is 0 Å². The fourth-order valence-corrected chi connectivity index (χ4v) is 4.84. The van der Waals surface area contributed by atoms with Crippen molar-refractivity contribution in [3.8, 4) is 11.5 Å². The summed E-state index contributed by atoms with van der Waals surface area (Å²) in [5.41, 5.74) is 2.18. The fraction of sp³-hybridized carbons (Fsp3) is 0.310. The van der Waals surface area contributed by atoms with Crippen molar-refractivity contribution in [3.63, 3.8) is 0 Å². The number of ether oxygens (including phenoxy) is 1. The van der Waals surface area contributed by atoms with Crippen LogP contribution in [0.3, 0.4) is 0 Å². The Kier molecular flexibility index (Phi) is 7.54. The number of rotatable bonds is 8. The number of hydrogen-bond acceptors (Lipinski definition) is 6. The minimum Gasteiger partial charge on any atom is -0.457 e. The number of para-hydroxylation sites is 1. The van der Waals surface area contributed by atoms with Crippen LogP contribution in [0.4, 0.5) is 11.8 Å². The standard InChI is InChI=1S/C29H32ClN5O/c1-35(2)28-26-8-3-4-9-27(26)33-29(34-28)32-23-14-12-22(13-15-23)31-19-20-6-5-7-25(18-20)36-24-16-10-21(30)11-17-24/h3-11,16-18,22-23,31H,12-15,19H2,1-2H3,(H,32,33,34). The number of halogens is 1. The number of fused-ring (bicyclic) bond motifs is 1. The highest BCUT2D eigenvalue weighted by Gasteiger charge is 2.22. The van der Waals surface area contributed by atoms with Gasteiger partial charge < -0.3 is 20.3 Å². The smallest absolute Gasteiger partial charge is 0.225 e. The molecular formula is C29H32ClN5O. The molecule has 0 unspecified atom stereocenters. The zero-order chi connectivity index (χ0) is 24.9. The Morgan fingerprint density at radius 2 is 1.61 bits per heavy atom. The van der Waals surface area contributed by atoms with Crippen LogP contribution in [0.2, 0.25) is 5.02 Å². The summed E-state index contributed by atoms with van der Waals surface area (Å²) in [6.45, 7) is 0.820. The van der Waals surface area contributed by atoms with Crippen molar-refractivity contribution in [1.29, 1.82) is 0 Å². The van der Waals surface area contributed by atoms with Gasteiger partial charge in [-0.15, -0.1) is 0 Å². The number of nitrogens with zero attached hydrogens (tertiary/aromatic N) is 3. The molecule has 1 heterocycles. The van der Waals surface area contributed by atoms with Crippen molar-refractivity contribution in [1.82, 2.24) is 15.3 Å². The van der Waals surface area contributed by atoms with E-state index < -0.39 is 0 Å².